The molecule has 1 aromatic rings. The van der Waals surface area contributed by atoms with Gasteiger partial charge in [-0.2, -0.15) is 4.36 Å². The molecule has 2 N–H and O–H groups in total. The maximum absolute atomic E-state index is 4.55. The summed E-state index contributed by atoms with van der Waals surface area (Å²) in [4.78, 5) is 4.55. The van der Waals surface area contributed by atoms with Crippen LogP contribution in [0.3, 0.4) is 0 Å². The van der Waals surface area contributed by atoms with Crippen LogP contribution in [0.5, 0.6) is 0 Å². The Morgan fingerprint density at radius 3 is 3.00 bits per heavy atom. The predicted molar refractivity (Wildman–Crippen MR) is 80.9 cm³/mol. The van der Waals surface area contributed by atoms with E-state index in [1.54, 1.807) is 0 Å². The molecule has 100 valence electrons. The molecule has 3 rings (SSSR count). The Morgan fingerprint density at radius 2 is 2.05 bits per heavy atom. The van der Waals surface area contributed by atoms with E-state index < -0.39 is 0 Å². The van der Waals surface area contributed by atoms with E-state index in [4.69, 9.17) is 0 Å². The summed E-state index contributed by atoms with van der Waals surface area (Å²) in [6.07, 6.45) is 2.12. The fourth-order valence-corrected chi connectivity index (χ4v) is 2.79. The first-order valence-electron chi connectivity index (χ1n) is 6.61. The summed E-state index contributed by atoms with van der Waals surface area (Å²) < 4.78 is 4.36. The molecule has 0 unspecified atom stereocenters. The van der Waals surface area contributed by atoms with Crippen LogP contribution in [0.15, 0.2) is 44.7 Å². The molecule has 1 aromatic carbocycles. The fraction of sp³-hybridized carbons (Fsp3) is 0.357. The minimum absolute atomic E-state index is 0.761. The zero-order valence-corrected chi connectivity index (χ0v) is 11.7. The zero-order valence-electron chi connectivity index (χ0n) is 10.8. The molecule has 0 atom stereocenters. The number of aliphatic imine (C=N–C) groups is 1. The zero-order chi connectivity index (χ0) is 12.9. The Bertz CT molecular complexity index is 548. The quantitative estimate of drug-likeness (QED) is 0.633. The molecule has 0 fully saturated rings. The molecule has 19 heavy (non-hydrogen) atoms. The van der Waals surface area contributed by atoms with E-state index in [1.807, 2.05) is 0 Å². The highest BCUT2D eigenvalue weighted by molar-refractivity contribution is 7.71. The van der Waals surface area contributed by atoms with Crippen molar-refractivity contribution in [3.63, 3.8) is 0 Å². The summed E-state index contributed by atoms with van der Waals surface area (Å²) in [6, 6.07) is 8.64. The Morgan fingerprint density at radius 1 is 1.16 bits per heavy atom. The van der Waals surface area contributed by atoms with Gasteiger partial charge in [0.25, 0.3) is 0 Å². The molecule has 0 saturated carbocycles. The lowest BCUT2D eigenvalue weighted by Gasteiger charge is -2.09. The monoisotopic (exact) mass is 274 g/mol. The topological polar surface area (TPSA) is 48.8 Å². The van der Waals surface area contributed by atoms with Gasteiger partial charge in [0.1, 0.15) is 0 Å². The van der Waals surface area contributed by atoms with Gasteiger partial charge in [-0.05, 0) is 30.5 Å². The molecule has 5 heteroatoms. The first kappa shape index (κ1) is 12.6. The van der Waals surface area contributed by atoms with Crippen molar-refractivity contribution in [2.24, 2.45) is 9.36 Å². The molecule has 0 radical (unpaired) electrons. The molecule has 0 saturated heterocycles. The number of fused-ring (bicyclic) bond motifs is 3. The lowest BCUT2D eigenvalue weighted by molar-refractivity contribution is 0.646. The van der Waals surface area contributed by atoms with Gasteiger partial charge < -0.3 is 10.6 Å². The van der Waals surface area contributed by atoms with Crippen LogP contribution in [0, 0.1) is 0 Å². The number of hydrogen-bond acceptors (Lipinski definition) is 4. The van der Waals surface area contributed by atoms with Crippen molar-refractivity contribution in [3.8, 4) is 0 Å². The van der Waals surface area contributed by atoms with E-state index in [9.17, 15) is 0 Å². The maximum Gasteiger partial charge on any atom is 0.229 e. The fourth-order valence-electron chi connectivity index (χ4n) is 2.19. The van der Waals surface area contributed by atoms with E-state index in [0.29, 0.717) is 0 Å². The molecule has 0 aromatic heterocycles. The molecule has 2 aliphatic rings. The van der Waals surface area contributed by atoms with Crippen LogP contribution >= 0.6 is 0 Å². The number of rotatable bonds is 0. The van der Waals surface area contributed by atoms with Crippen LogP contribution in [0.4, 0.5) is 0 Å². The average Bonchev–Trinajstić information content (AvgIpc) is 2.46. The van der Waals surface area contributed by atoms with Crippen molar-refractivity contribution in [1.82, 2.24) is 10.6 Å². The predicted octanol–water partition coefficient (Wildman–Crippen LogP) is 1.87. The van der Waals surface area contributed by atoms with E-state index in [1.165, 1.54) is 11.1 Å². The van der Waals surface area contributed by atoms with Crippen molar-refractivity contribution in [3.05, 3.63) is 46.5 Å². The third-order valence-corrected chi connectivity index (χ3v) is 3.88. The van der Waals surface area contributed by atoms with Gasteiger partial charge in [-0.15, -0.1) is 0 Å². The molecule has 4 nitrogen and oxygen atoms in total. The van der Waals surface area contributed by atoms with Gasteiger partial charge in [0.15, 0.2) is 0 Å². The van der Waals surface area contributed by atoms with Gasteiger partial charge >= 0.3 is 0 Å². The Labute approximate surface area is 117 Å². The van der Waals surface area contributed by atoms with E-state index in [-0.39, 0.29) is 0 Å². The van der Waals surface area contributed by atoms with Gasteiger partial charge in [-0.1, -0.05) is 35.8 Å². The third kappa shape index (κ3) is 3.52. The van der Waals surface area contributed by atoms with E-state index in [0.717, 1.165) is 55.7 Å². The number of benzene rings is 1. The van der Waals surface area contributed by atoms with Crippen LogP contribution in [-0.2, 0) is 24.6 Å². The van der Waals surface area contributed by atoms with Crippen LogP contribution in [0.25, 0.3) is 0 Å². The Hall–Kier alpha value is -1.46. The number of hydrogen-bond donors (Lipinski definition) is 3. The SMILES string of the molecule is C1=C2CCCNCc3cccc(c3)CNC(=N2)N=[SH]1. The van der Waals surface area contributed by atoms with Gasteiger partial charge in [-0.25, -0.2) is 4.99 Å². The Balaban J connectivity index is 1.81. The maximum atomic E-state index is 4.55. The molecule has 2 heterocycles. The van der Waals surface area contributed by atoms with E-state index >= 15 is 0 Å². The van der Waals surface area contributed by atoms with Crippen molar-refractivity contribution in [2.75, 3.05) is 6.54 Å². The van der Waals surface area contributed by atoms with Gasteiger partial charge in [0.2, 0.25) is 5.96 Å². The van der Waals surface area contributed by atoms with Crippen molar-refractivity contribution in [2.45, 2.75) is 25.9 Å². The first-order chi connectivity index (χ1) is 9.40. The van der Waals surface area contributed by atoms with Crippen LogP contribution in [0.2, 0.25) is 0 Å². The first-order valence-corrected chi connectivity index (χ1v) is 7.53. The number of thiol groups is 1. The molecule has 2 aliphatic heterocycles. The van der Waals surface area contributed by atoms with Gasteiger partial charge in [0, 0.05) is 18.5 Å². The molecule has 0 amide bonds. The molecule has 4 bridgehead atoms. The van der Waals surface area contributed by atoms with Crippen molar-refractivity contribution < 1.29 is 0 Å². The van der Waals surface area contributed by atoms with Crippen molar-refractivity contribution >= 4 is 17.5 Å². The lowest BCUT2D eigenvalue weighted by atomic mass is 10.1. The number of guanidine groups is 1. The van der Waals surface area contributed by atoms with Crippen LogP contribution in [0.1, 0.15) is 24.0 Å². The second-order valence-electron chi connectivity index (χ2n) is 4.73. The van der Waals surface area contributed by atoms with Crippen LogP contribution < -0.4 is 10.6 Å². The number of allylic oxidation sites excluding steroid dienone is 1. The normalized spacial score (nSPS) is 19.6. The highest BCUT2D eigenvalue weighted by atomic mass is 32.1. The second-order valence-corrected chi connectivity index (χ2v) is 5.41. The Kier molecular flexibility index (Phi) is 4.05. The van der Waals surface area contributed by atoms with Gasteiger partial charge in [0.05, 0.1) is 5.70 Å². The molecule has 0 spiro atoms. The number of nitrogens with one attached hydrogen (secondary N) is 2. The van der Waals surface area contributed by atoms with E-state index in [2.05, 4.69) is 49.7 Å². The van der Waals surface area contributed by atoms with Crippen LogP contribution in [-0.4, -0.2) is 12.5 Å². The lowest BCUT2D eigenvalue weighted by Crippen LogP contribution is -2.22. The highest BCUT2D eigenvalue weighted by Crippen LogP contribution is 2.11. The summed E-state index contributed by atoms with van der Waals surface area (Å²) >= 11 is 0.985. The standard InChI is InChI=1S/C14H18N4S/c1-3-11-7-12(4-1)9-16-14-17-13(10-19-18-14)5-2-6-15-8-11/h1,3-4,7,10,15,19H,2,5-6,8-9H2,(H,16,17,18). The minimum Gasteiger partial charge on any atom is -0.350 e. The summed E-state index contributed by atoms with van der Waals surface area (Å²) in [5, 5.41) is 8.89. The minimum atomic E-state index is 0.761. The average molecular weight is 274 g/mol. The van der Waals surface area contributed by atoms with Crippen molar-refractivity contribution in [1.29, 1.82) is 0 Å². The summed E-state index contributed by atoms with van der Waals surface area (Å²) in [7, 11) is 0. The molecule has 0 aliphatic carbocycles. The summed E-state index contributed by atoms with van der Waals surface area (Å²) in [5.74, 6) is 0.761. The summed E-state index contributed by atoms with van der Waals surface area (Å²) in [5.41, 5.74) is 3.74. The molecular formula is C14H18N4S. The number of nitrogens with zero attached hydrogens (tertiary/aromatic N) is 2. The second kappa shape index (κ2) is 6.12. The molecular weight excluding hydrogens is 256 g/mol. The third-order valence-electron chi connectivity index (χ3n) is 3.17. The highest BCUT2D eigenvalue weighted by Gasteiger charge is 2.05. The smallest absolute Gasteiger partial charge is 0.229 e. The summed E-state index contributed by atoms with van der Waals surface area (Å²) in [6.45, 7) is 2.73. The van der Waals surface area contributed by atoms with Gasteiger partial charge in [-0.3, -0.25) is 0 Å². The largest absolute Gasteiger partial charge is 0.350 e.